The molecule has 1 heterocycles. The van der Waals surface area contributed by atoms with Gasteiger partial charge in [-0.05, 0) is 25.6 Å². The third kappa shape index (κ3) is 2.70. The summed E-state index contributed by atoms with van der Waals surface area (Å²) in [7, 11) is 4.51. The zero-order valence-electron chi connectivity index (χ0n) is 11.4. The molecule has 2 atom stereocenters. The fourth-order valence-electron chi connectivity index (χ4n) is 2.86. The number of rotatable bonds is 2. The molecule has 2 rings (SSSR count). The van der Waals surface area contributed by atoms with Gasteiger partial charge in [-0.15, -0.1) is 0 Å². The van der Waals surface area contributed by atoms with E-state index in [2.05, 4.69) is 68.1 Å². The van der Waals surface area contributed by atoms with E-state index in [1.807, 2.05) is 0 Å². The first-order chi connectivity index (χ1) is 8.09. The Morgan fingerprint density at radius 1 is 1.00 bits per heavy atom. The number of likely N-dealkylation sites (N-methyl/N-ethyl adjacent to an activating group) is 2. The van der Waals surface area contributed by atoms with Crippen LogP contribution in [-0.4, -0.2) is 43.0 Å². The monoisotopic (exact) mass is 232 g/mol. The van der Waals surface area contributed by atoms with E-state index in [1.54, 1.807) is 0 Å². The lowest BCUT2D eigenvalue weighted by Crippen LogP contribution is -2.53. The van der Waals surface area contributed by atoms with Crippen LogP contribution in [-0.2, 0) is 0 Å². The zero-order chi connectivity index (χ0) is 12.4. The molecule has 1 aromatic carbocycles. The van der Waals surface area contributed by atoms with E-state index in [-0.39, 0.29) is 0 Å². The van der Waals surface area contributed by atoms with Crippen molar-refractivity contribution in [3.05, 3.63) is 35.9 Å². The largest absolute Gasteiger partial charge is 0.300 e. The molecule has 0 aromatic heterocycles. The highest BCUT2D eigenvalue weighted by atomic mass is 15.3. The molecule has 1 fully saturated rings. The average molecular weight is 232 g/mol. The summed E-state index contributed by atoms with van der Waals surface area (Å²) in [5.74, 6) is 0.721. The number of nitrogens with zero attached hydrogens (tertiary/aromatic N) is 2. The Bertz CT molecular complexity index is 347. The van der Waals surface area contributed by atoms with Crippen LogP contribution in [0.25, 0.3) is 0 Å². The summed E-state index contributed by atoms with van der Waals surface area (Å²) in [4.78, 5) is 5.02. The topological polar surface area (TPSA) is 6.48 Å². The molecule has 0 amide bonds. The molecule has 94 valence electrons. The second-order valence-corrected chi connectivity index (χ2v) is 5.62. The van der Waals surface area contributed by atoms with Gasteiger partial charge in [-0.1, -0.05) is 44.2 Å². The van der Waals surface area contributed by atoms with Crippen LogP contribution in [0, 0.1) is 5.92 Å². The molecule has 0 unspecified atom stereocenters. The van der Waals surface area contributed by atoms with Crippen LogP contribution in [0.4, 0.5) is 0 Å². The van der Waals surface area contributed by atoms with E-state index >= 15 is 0 Å². The Hall–Kier alpha value is -0.860. The molecule has 0 aliphatic carbocycles. The third-order valence-electron chi connectivity index (χ3n) is 3.99. The Morgan fingerprint density at radius 2 is 1.65 bits per heavy atom. The Balaban J connectivity index is 2.13. The van der Waals surface area contributed by atoms with Crippen LogP contribution in [0.2, 0.25) is 0 Å². The van der Waals surface area contributed by atoms with E-state index in [4.69, 9.17) is 0 Å². The molecule has 2 heteroatoms. The van der Waals surface area contributed by atoms with Crippen molar-refractivity contribution in [2.45, 2.75) is 25.9 Å². The fraction of sp³-hybridized carbons (Fsp3) is 0.600. The lowest BCUT2D eigenvalue weighted by molar-refractivity contribution is 0.0410. The summed E-state index contributed by atoms with van der Waals surface area (Å²) < 4.78 is 0. The summed E-state index contributed by atoms with van der Waals surface area (Å²) >= 11 is 0. The van der Waals surface area contributed by atoms with Gasteiger partial charge in [-0.2, -0.15) is 0 Å². The molecule has 1 aliphatic heterocycles. The van der Waals surface area contributed by atoms with E-state index in [0.717, 1.165) is 19.0 Å². The molecule has 0 N–H and O–H groups in total. The Kier molecular flexibility index (Phi) is 3.85. The smallest absolute Gasteiger partial charge is 0.0472 e. The Morgan fingerprint density at radius 3 is 2.24 bits per heavy atom. The molecule has 17 heavy (non-hydrogen) atoms. The first-order valence-corrected chi connectivity index (χ1v) is 6.55. The van der Waals surface area contributed by atoms with Crippen molar-refractivity contribution < 1.29 is 0 Å². The van der Waals surface area contributed by atoms with Gasteiger partial charge in [0.05, 0.1) is 0 Å². The summed E-state index contributed by atoms with van der Waals surface area (Å²) in [6, 6.07) is 12.1. The van der Waals surface area contributed by atoms with Crippen molar-refractivity contribution in [3.63, 3.8) is 0 Å². The first kappa shape index (κ1) is 12.6. The number of hydrogen-bond donors (Lipinski definition) is 0. The number of hydrogen-bond acceptors (Lipinski definition) is 2. The van der Waals surface area contributed by atoms with Crippen molar-refractivity contribution in [3.8, 4) is 0 Å². The predicted octanol–water partition coefficient (Wildman–Crippen LogP) is 2.63. The average Bonchev–Trinajstić information content (AvgIpc) is 2.32. The molecular formula is C15H24N2. The van der Waals surface area contributed by atoms with Crippen molar-refractivity contribution in [2.75, 3.05) is 27.2 Å². The van der Waals surface area contributed by atoms with Gasteiger partial charge in [0.25, 0.3) is 0 Å². The second kappa shape index (κ2) is 5.19. The van der Waals surface area contributed by atoms with Gasteiger partial charge < -0.3 is 0 Å². The summed E-state index contributed by atoms with van der Waals surface area (Å²) in [6.07, 6.45) is 0. The molecule has 0 radical (unpaired) electrons. The van der Waals surface area contributed by atoms with Crippen LogP contribution in [0.5, 0.6) is 0 Å². The minimum absolute atomic E-state index is 0.538. The van der Waals surface area contributed by atoms with Gasteiger partial charge >= 0.3 is 0 Å². The number of benzene rings is 1. The van der Waals surface area contributed by atoms with Crippen LogP contribution >= 0.6 is 0 Å². The Labute approximate surface area is 105 Å². The van der Waals surface area contributed by atoms with Crippen LogP contribution in [0.3, 0.4) is 0 Å². The highest BCUT2D eigenvalue weighted by molar-refractivity contribution is 5.20. The standard InChI is InChI=1S/C15H24N2/c1-12(2)14-10-17(4)15(11-16(14)3)13-8-6-5-7-9-13/h5-9,12,14-15H,10-11H2,1-4H3/t14-,15+/m1/s1. The maximum absolute atomic E-state index is 2.52. The van der Waals surface area contributed by atoms with Gasteiger partial charge in [0.15, 0.2) is 0 Å². The van der Waals surface area contributed by atoms with Crippen molar-refractivity contribution in [2.24, 2.45) is 5.92 Å². The lowest BCUT2D eigenvalue weighted by atomic mass is 9.95. The van der Waals surface area contributed by atoms with Crippen LogP contribution in [0.15, 0.2) is 30.3 Å². The van der Waals surface area contributed by atoms with E-state index < -0.39 is 0 Å². The second-order valence-electron chi connectivity index (χ2n) is 5.62. The molecule has 0 bridgehead atoms. The van der Waals surface area contributed by atoms with E-state index in [1.165, 1.54) is 5.56 Å². The van der Waals surface area contributed by atoms with Crippen molar-refractivity contribution in [1.82, 2.24) is 9.80 Å². The summed E-state index contributed by atoms with van der Waals surface area (Å²) in [5.41, 5.74) is 1.43. The quantitative estimate of drug-likeness (QED) is 0.773. The maximum Gasteiger partial charge on any atom is 0.0472 e. The minimum atomic E-state index is 0.538. The number of piperazine rings is 1. The van der Waals surface area contributed by atoms with Crippen molar-refractivity contribution >= 4 is 0 Å². The van der Waals surface area contributed by atoms with Gasteiger partial charge in [0.1, 0.15) is 0 Å². The van der Waals surface area contributed by atoms with Gasteiger partial charge in [0, 0.05) is 25.2 Å². The molecule has 1 saturated heterocycles. The fourth-order valence-corrected chi connectivity index (χ4v) is 2.86. The lowest BCUT2D eigenvalue weighted by Gasteiger charge is -2.45. The van der Waals surface area contributed by atoms with Gasteiger partial charge in [-0.3, -0.25) is 9.80 Å². The summed E-state index contributed by atoms with van der Waals surface area (Å²) in [6.45, 7) is 6.92. The molecular weight excluding hydrogens is 208 g/mol. The molecule has 0 saturated carbocycles. The molecule has 1 aliphatic rings. The molecule has 2 nitrogen and oxygen atoms in total. The highest BCUT2D eigenvalue weighted by Crippen LogP contribution is 2.27. The first-order valence-electron chi connectivity index (χ1n) is 6.55. The maximum atomic E-state index is 2.52. The minimum Gasteiger partial charge on any atom is -0.300 e. The predicted molar refractivity (Wildman–Crippen MR) is 73.1 cm³/mol. The molecule has 1 aromatic rings. The van der Waals surface area contributed by atoms with E-state index in [9.17, 15) is 0 Å². The van der Waals surface area contributed by atoms with Crippen molar-refractivity contribution in [1.29, 1.82) is 0 Å². The zero-order valence-corrected chi connectivity index (χ0v) is 11.4. The SMILES string of the molecule is CC(C)[C@H]1CN(C)[C@H](c2ccccc2)CN1C. The third-order valence-corrected chi connectivity index (χ3v) is 3.99. The van der Waals surface area contributed by atoms with E-state index in [0.29, 0.717) is 12.1 Å². The van der Waals surface area contributed by atoms with Crippen LogP contribution in [0.1, 0.15) is 25.5 Å². The molecule has 0 spiro atoms. The van der Waals surface area contributed by atoms with Gasteiger partial charge in [-0.25, -0.2) is 0 Å². The normalized spacial score (nSPS) is 27.6. The summed E-state index contributed by atoms with van der Waals surface area (Å²) in [5, 5.41) is 0. The van der Waals surface area contributed by atoms with Gasteiger partial charge in [0.2, 0.25) is 0 Å². The van der Waals surface area contributed by atoms with Crippen LogP contribution < -0.4 is 0 Å². The highest BCUT2D eigenvalue weighted by Gasteiger charge is 2.31.